The van der Waals surface area contributed by atoms with Gasteiger partial charge in [0.1, 0.15) is 17.5 Å². The molecule has 0 amide bonds. The summed E-state index contributed by atoms with van der Waals surface area (Å²) < 4.78 is 0. The van der Waals surface area contributed by atoms with Crippen LogP contribution in [0.25, 0.3) is 0 Å². The molecular formula is C12H24N6. The molecule has 0 aliphatic heterocycles. The molecule has 0 unspecified atom stereocenters. The van der Waals surface area contributed by atoms with E-state index in [1.807, 2.05) is 13.8 Å². The van der Waals surface area contributed by atoms with E-state index in [0.717, 1.165) is 17.9 Å². The third-order valence-electron chi connectivity index (χ3n) is 3.29. The summed E-state index contributed by atoms with van der Waals surface area (Å²) in [5.41, 5.74) is 3.57. The van der Waals surface area contributed by atoms with Gasteiger partial charge >= 0.3 is 0 Å². The molecule has 4 N–H and O–H groups in total. The topological polar surface area (TPSA) is 79.1 Å². The van der Waals surface area contributed by atoms with Crippen molar-refractivity contribution in [2.75, 3.05) is 31.4 Å². The Morgan fingerprint density at radius 1 is 1.17 bits per heavy atom. The number of hydrogen-bond acceptors (Lipinski definition) is 6. The molecule has 1 aromatic rings. The average Bonchev–Trinajstić information content (AvgIpc) is 2.29. The van der Waals surface area contributed by atoms with Gasteiger partial charge in [-0.15, -0.1) is 0 Å². The average molecular weight is 252 g/mol. The second kappa shape index (κ2) is 5.49. The molecule has 0 bridgehead atoms. The first kappa shape index (κ1) is 14.7. The molecule has 6 heteroatoms. The van der Waals surface area contributed by atoms with Crippen LogP contribution >= 0.6 is 0 Å². The monoisotopic (exact) mass is 252 g/mol. The van der Waals surface area contributed by atoms with Gasteiger partial charge < -0.3 is 15.6 Å². The van der Waals surface area contributed by atoms with Gasteiger partial charge in [-0.3, -0.25) is 0 Å². The highest BCUT2D eigenvalue weighted by Gasteiger charge is 2.21. The third-order valence-corrected chi connectivity index (χ3v) is 3.29. The number of nitrogens with one attached hydrogen (secondary N) is 2. The van der Waals surface area contributed by atoms with E-state index < -0.39 is 0 Å². The Morgan fingerprint density at radius 2 is 1.72 bits per heavy atom. The minimum Gasteiger partial charge on any atom is -0.368 e. The fourth-order valence-electron chi connectivity index (χ4n) is 1.40. The zero-order valence-corrected chi connectivity index (χ0v) is 12.1. The molecule has 0 spiro atoms. The van der Waals surface area contributed by atoms with Crippen LogP contribution in [0, 0.1) is 13.8 Å². The van der Waals surface area contributed by atoms with Gasteiger partial charge in [0.05, 0.1) is 0 Å². The molecule has 0 saturated carbocycles. The smallest absolute Gasteiger partial charge is 0.148 e. The highest BCUT2D eigenvalue weighted by molar-refractivity contribution is 5.56. The van der Waals surface area contributed by atoms with Gasteiger partial charge in [0.25, 0.3) is 0 Å². The zero-order valence-electron chi connectivity index (χ0n) is 12.1. The van der Waals surface area contributed by atoms with Crippen molar-refractivity contribution in [3.63, 3.8) is 0 Å². The fourth-order valence-corrected chi connectivity index (χ4v) is 1.40. The van der Waals surface area contributed by atoms with E-state index in [-0.39, 0.29) is 5.54 Å². The maximum absolute atomic E-state index is 5.44. The number of likely N-dealkylation sites (N-methyl/N-ethyl adjacent to an activating group) is 1. The van der Waals surface area contributed by atoms with Crippen molar-refractivity contribution in [2.24, 2.45) is 5.84 Å². The third kappa shape index (κ3) is 3.30. The van der Waals surface area contributed by atoms with Crippen molar-refractivity contribution in [1.82, 2.24) is 14.9 Å². The largest absolute Gasteiger partial charge is 0.368 e. The fraction of sp³-hybridized carbons (Fsp3) is 0.667. The van der Waals surface area contributed by atoms with Crippen molar-refractivity contribution in [3.8, 4) is 0 Å². The summed E-state index contributed by atoms with van der Waals surface area (Å²) in [6.45, 7) is 8.93. The maximum Gasteiger partial charge on any atom is 0.148 e. The molecule has 0 aliphatic carbocycles. The van der Waals surface area contributed by atoms with Crippen LogP contribution in [0.3, 0.4) is 0 Å². The Morgan fingerprint density at radius 3 is 2.22 bits per heavy atom. The number of anilines is 2. The first-order chi connectivity index (χ1) is 8.27. The lowest BCUT2D eigenvalue weighted by Gasteiger charge is -2.33. The molecule has 0 radical (unpaired) electrons. The minimum absolute atomic E-state index is 0.0433. The summed E-state index contributed by atoms with van der Waals surface area (Å²) in [5, 5.41) is 3.36. The molecule has 0 fully saturated rings. The van der Waals surface area contributed by atoms with Crippen LogP contribution in [-0.2, 0) is 0 Å². The summed E-state index contributed by atoms with van der Waals surface area (Å²) in [7, 11) is 4.12. The summed E-state index contributed by atoms with van der Waals surface area (Å²) in [5.74, 6) is 7.62. The number of aryl methyl sites for hydroxylation is 1. The van der Waals surface area contributed by atoms with Crippen LogP contribution in [-0.4, -0.2) is 41.0 Å². The van der Waals surface area contributed by atoms with E-state index >= 15 is 0 Å². The van der Waals surface area contributed by atoms with Gasteiger partial charge in [0.2, 0.25) is 0 Å². The van der Waals surface area contributed by atoms with E-state index in [4.69, 9.17) is 5.84 Å². The van der Waals surface area contributed by atoms with E-state index in [0.29, 0.717) is 11.6 Å². The lowest BCUT2D eigenvalue weighted by atomic mass is 10.0. The highest BCUT2D eigenvalue weighted by atomic mass is 15.3. The van der Waals surface area contributed by atoms with Crippen LogP contribution in [0.1, 0.15) is 25.2 Å². The number of nitrogens with zero attached hydrogens (tertiary/aromatic N) is 3. The summed E-state index contributed by atoms with van der Waals surface area (Å²) in [4.78, 5) is 10.8. The summed E-state index contributed by atoms with van der Waals surface area (Å²) >= 11 is 0. The van der Waals surface area contributed by atoms with Crippen LogP contribution in [0.4, 0.5) is 11.6 Å². The number of nitrogen functional groups attached to an aromatic ring is 1. The lowest BCUT2D eigenvalue weighted by molar-refractivity contribution is 0.210. The Bertz CT molecular complexity index is 413. The number of hydrogen-bond donors (Lipinski definition) is 3. The molecule has 1 aromatic heterocycles. The standard InChI is InChI=1S/C12H24N6/c1-8-10(14-7-12(3,4)18(5)6)15-9(2)16-11(8)17-13/h7,13H2,1-6H3,(H2,14,15,16,17). The maximum atomic E-state index is 5.44. The van der Waals surface area contributed by atoms with Crippen LogP contribution < -0.4 is 16.6 Å². The molecule has 102 valence electrons. The van der Waals surface area contributed by atoms with E-state index in [2.05, 4.69) is 53.6 Å². The predicted octanol–water partition coefficient (Wildman–Crippen LogP) is 1.13. The Balaban J connectivity index is 2.89. The molecule has 6 nitrogen and oxygen atoms in total. The van der Waals surface area contributed by atoms with Crippen LogP contribution in [0.2, 0.25) is 0 Å². The number of aromatic nitrogens is 2. The van der Waals surface area contributed by atoms with Gasteiger partial charge in [-0.25, -0.2) is 15.8 Å². The van der Waals surface area contributed by atoms with Crippen molar-refractivity contribution >= 4 is 11.6 Å². The minimum atomic E-state index is 0.0433. The Labute approximate surface area is 109 Å². The second-order valence-electron chi connectivity index (χ2n) is 5.30. The first-order valence-corrected chi connectivity index (χ1v) is 6.01. The molecule has 1 rings (SSSR count). The number of rotatable bonds is 5. The van der Waals surface area contributed by atoms with Crippen molar-refractivity contribution in [3.05, 3.63) is 11.4 Å². The Kier molecular flexibility index (Phi) is 4.48. The zero-order chi connectivity index (χ0) is 13.9. The molecule has 18 heavy (non-hydrogen) atoms. The van der Waals surface area contributed by atoms with Crippen molar-refractivity contribution in [1.29, 1.82) is 0 Å². The highest BCUT2D eigenvalue weighted by Crippen LogP contribution is 2.20. The summed E-state index contributed by atoms with van der Waals surface area (Å²) in [6, 6.07) is 0. The molecule has 0 saturated heterocycles. The van der Waals surface area contributed by atoms with Gasteiger partial charge in [-0.2, -0.15) is 0 Å². The molecule has 0 aromatic carbocycles. The van der Waals surface area contributed by atoms with Crippen LogP contribution in [0.15, 0.2) is 0 Å². The molecule has 0 aliphatic rings. The summed E-state index contributed by atoms with van der Waals surface area (Å²) in [6.07, 6.45) is 0. The quantitative estimate of drug-likeness (QED) is 0.538. The van der Waals surface area contributed by atoms with E-state index in [1.165, 1.54) is 0 Å². The van der Waals surface area contributed by atoms with Crippen molar-refractivity contribution in [2.45, 2.75) is 33.2 Å². The predicted molar refractivity (Wildman–Crippen MR) is 75.6 cm³/mol. The number of nitrogens with two attached hydrogens (primary N) is 1. The Hall–Kier alpha value is -1.40. The van der Waals surface area contributed by atoms with E-state index in [9.17, 15) is 0 Å². The van der Waals surface area contributed by atoms with Crippen molar-refractivity contribution < 1.29 is 0 Å². The molecule has 1 heterocycles. The number of hydrazine groups is 1. The molecular weight excluding hydrogens is 228 g/mol. The SMILES string of the molecule is Cc1nc(NN)c(C)c(NCC(C)(C)N(C)C)n1. The van der Waals surface area contributed by atoms with Crippen LogP contribution in [0.5, 0.6) is 0 Å². The van der Waals surface area contributed by atoms with Gasteiger partial charge in [0.15, 0.2) is 0 Å². The lowest BCUT2D eigenvalue weighted by Crippen LogP contribution is -2.44. The first-order valence-electron chi connectivity index (χ1n) is 6.01. The van der Waals surface area contributed by atoms with Gasteiger partial charge in [-0.05, 0) is 41.8 Å². The van der Waals surface area contributed by atoms with Gasteiger partial charge in [0, 0.05) is 17.6 Å². The normalized spacial score (nSPS) is 11.8. The van der Waals surface area contributed by atoms with Gasteiger partial charge in [-0.1, -0.05) is 0 Å². The molecule has 0 atom stereocenters. The van der Waals surface area contributed by atoms with E-state index in [1.54, 1.807) is 0 Å². The second-order valence-corrected chi connectivity index (χ2v) is 5.30.